The lowest BCUT2D eigenvalue weighted by atomic mass is 9.80. The van der Waals surface area contributed by atoms with Crippen molar-refractivity contribution in [3.63, 3.8) is 0 Å². The molecule has 5 nitrogen and oxygen atoms in total. The zero-order chi connectivity index (χ0) is 17.7. The Morgan fingerprint density at radius 3 is 2.56 bits per heavy atom. The number of hydrogen-bond donors (Lipinski definition) is 1. The first kappa shape index (κ1) is 15.8. The monoisotopic (exact) mass is 338 g/mol. The zero-order valence-corrected chi connectivity index (χ0v) is 14.5. The van der Waals surface area contributed by atoms with E-state index in [1.54, 1.807) is 4.90 Å². The van der Waals surface area contributed by atoms with Gasteiger partial charge in [-0.25, -0.2) is 4.79 Å². The van der Waals surface area contributed by atoms with E-state index in [0.29, 0.717) is 25.2 Å². The van der Waals surface area contributed by atoms with Gasteiger partial charge in [0.05, 0.1) is 6.54 Å². The molecule has 2 aromatic rings. The Bertz CT molecular complexity index is 816. The second-order valence-corrected chi connectivity index (χ2v) is 7.49. The summed E-state index contributed by atoms with van der Waals surface area (Å²) in [5.74, 6) is 0.792. The van der Waals surface area contributed by atoms with Crippen LogP contribution in [0.4, 0.5) is 10.5 Å². The first-order valence-electron chi connectivity index (χ1n) is 8.48. The number of anilines is 1. The summed E-state index contributed by atoms with van der Waals surface area (Å²) in [5.41, 5.74) is 7.37. The molecule has 2 aliphatic heterocycles. The molecular weight excluding hydrogens is 316 g/mol. The van der Waals surface area contributed by atoms with Crippen LogP contribution in [0.5, 0.6) is 5.75 Å². The van der Waals surface area contributed by atoms with E-state index in [1.165, 1.54) is 0 Å². The average molecular weight is 338 g/mol. The van der Waals surface area contributed by atoms with Crippen LogP contribution in [0.2, 0.25) is 0 Å². The van der Waals surface area contributed by atoms with Gasteiger partial charge in [-0.15, -0.1) is 0 Å². The van der Waals surface area contributed by atoms with Crippen molar-refractivity contribution in [2.24, 2.45) is 0 Å². The predicted octanol–water partition coefficient (Wildman–Crippen LogP) is 3.68. The maximum atomic E-state index is 12.6. The van der Waals surface area contributed by atoms with Gasteiger partial charge in [0.15, 0.2) is 5.60 Å². The number of fused-ring (bicyclic) bond motifs is 2. The number of benzene rings is 2. The third kappa shape index (κ3) is 2.80. The van der Waals surface area contributed by atoms with Crippen molar-refractivity contribution in [2.45, 2.75) is 38.0 Å². The smallest absolute Gasteiger partial charge is 0.411 e. The van der Waals surface area contributed by atoms with Crippen LogP contribution in [0, 0.1) is 0 Å². The number of carbonyl (C=O) groups excluding carboxylic acids is 1. The SMILES string of the molecule is CC1(C)CC2(CN(Cc3ccc(N)cc3)C(=O)O2)c2ccccc2O1. The molecule has 5 heteroatoms. The van der Waals surface area contributed by atoms with E-state index in [9.17, 15) is 4.79 Å². The van der Waals surface area contributed by atoms with Gasteiger partial charge in [0.2, 0.25) is 0 Å². The minimum Gasteiger partial charge on any atom is -0.487 e. The minimum atomic E-state index is -0.663. The molecule has 2 aliphatic rings. The number of nitrogen functional groups attached to an aromatic ring is 1. The van der Waals surface area contributed by atoms with Crippen molar-refractivity contribution >= 4 is 11.8 Å². The third-order valence-corrected chi connectivity index (χ3v) is 4.82. The van der Waals surface area contributed by atoms with E-state index in [1.807, 2.05) is 62.4 Å². The first-order chi connectivity index (χ1) is 11.9. The molecule has 1 amide bonds. The van der Waals surface area contributed by atoms with Gasteiger partial charge in [0.25, 0.3) is 0 Å². The van der Waals surface area contributed by atoms with Crippen molar-refractivity contribution < 1.29 is 14.3 Å². The topological polar surface area (TPSA) is 64.8 Å². The third-order valence-electron chi connectivity index (χ3n) is 4.82. The number of amides is 1. The summed E-state index contributed by atoms with van der Waals surface area (Å²) < 4.78 is 12.0. The molecule has 2 N–H and O–H groups in total. The van der Waals surface area contributed by atoms with Gasteiger partial charge in [-0.1, -0.05) is 30.3 Å². The van der Waals surface area contributed by atoms with Gasteiger partial charge in [-0.05, 0) is 37.6 Å². The molecule has 0 bridgehead atoms. The molecule has 1 unspecified atom stereocenters. The Kier molecular flexibility index (Phi) is 3.42. The van der Waals surface area contributed by atoms with Crippen LogP contribution in [0.25, 0.3) is 0 Å². The standard InChI is InChI=1S/C20H22N2O3/c1-19(2)12-20(16-5-3-4-6-17(16)24-19)13-22(18(23)25-20)11-14-7-9-15(21)10-8-14/h3-10H,11-13,21H2,1-2H3. The van der Waals surface area contributed by atoms with Gasteiger partial charge >= 0.3 is 6.09 Å². The summed E-state index contributed by atoms with van der Waals surface area (Å²) in [7, 11) is 0. The van der Waals surface area contributed by atoms with E-state index in [0.717, 1.165) is 16.9 Å². The molecule has 2 aromatic carbocycles. The van der Waals surface area contributed by atoms with Gasteiger partial charge in [-0.3, -0.25) is 4.90 Å². The van der Waals surface area contributed by atoms with Crippen molar-refractivity contribution in [2.75, 3.05) is 12.3 Å². The lowest BCUT2D eigenvalue weighted by Crippen LogP contribution is -2.46. The Morgan fingerprint density at radius 1 is 1.08 bits per heavy atom. The van der Waals surface area contributed by atoms with Gasteiger partial charge in [0.1, 0.15) is 11.4 Å². The number of rotatable bonds is 2. The van der Waals surface area contributed by atoms with Crippen molar-refractivity contribution in [1.82, 2.24) is 4.90 Å². The second kappa shape index (κ2) is 5.41. The fraction of sp³-hybridized carbons (Fsp3) is 0.350. The van der Waals surface area contributed by atoms with Gasteiger partial charge in [0, 0.05) is 24.2 Å². The summed E-state index contributed by atoms with van der Waals surface area (Å²) in [6.07, 6.45) is 0.338. The summed E-state index contributed by atoms with van der Waals surface area (Å²) >= 11 is 0. The highest BCUT2D eigenvalue weighted by Gasteiger charge is 2.54. The molecule has 130 valence electrons. The Labute approximate surface area is 147 Å². The highest BCUT2D eigenvalue weighted by molar-refractivity contribution is 5.72. The fourth-order valence-electron chi connectivity index (χ4n) is 3.88. The predicted molar refractivity (Wildman–Crippen MR) is 95.2 cm³/mol. The van der Waals surface area contributed by atoms with Crippen LogP contribution >= 0.6 is 0 Å². The average Bonchev–Trinajstić information content (AvgIpc) is 2.84. The molecule has 1 saturated heterocycles. The summed E-state index contributed by atoms with van der Waals surface area (Å²) in [6, 6.07) is 15.4. The van der Waals surface area contributed by atoms with Crippen LogP contribution in [0.1, 0.15) is 31.4 Å². The summed E-state index contributed by atoms with van der Waals surface area (Å²) in [4.78, 5) is 14.3. The fourth-order valence-corrected chi connectivity index (χ4v) is 3.88. The van der Waals surface area contributed by atoms with Gasteiger partial charge < -0.3 is 15.2 Å². The van der Waals surface area contributed by atoms with E-state index in [-0.39, 0.29) is 6.09 Å². The summed E-state index contributed by atoms with van der Waals surface area (Å²) in [5, 5.41) is 0. The molecule has 1 atom stereocenters. The van der Waals surface area contributed by atoms with Crippen LogP contribution in [-0.4, -0.2) is 23.1 Å². The number of nitrogens with two attached hydrogens (primary N) is 1. The Morgan fingerprint density at radius 2 is 1.80 bits per heavy atom. The second-order valence-electron chi connectivity index (χ2n) is 7.49. The van der Waals surface area contributed by atoms with Crippen molar-refractivity contribution in [3.05, 3.63) is 59.7 Å². The zero-order valence-electron chi connectivity index (χ0n) is 14.5. The number of carbonyl (C=O) groups is 1. The maximum absolute atomic E-state index is 12.6. The lowest BCUT2D eigenvalue weighted by Gasteiger charge is -2.42. The minimum absolute atomic E-state index is 0.288. The van der Waals surface area contributed by atoms with E-state index >= 15 is 0 Å². The number of para-hydroxylation sites is 1. The molecule has 4 rings (SSSR count). The highest BCUT2D eigenvalue weighted by atomic mass is 16.6. The normalized spacial score (nSPS) is 23.9. The Hall–Kier alpha value is -2.69. The molecule has 2 heterocycles. The van der Waals surface area contributed by atoms with Crippen LogP contribution in [0.15, 0.2) is 48.5 Å². The van der Waals surface area contributed by atoms with Crippen LogP contribution in [-0.2, 0) is 16.9 Å². The Balaban J connectivity index is 1.65. The molecule has 0 radical (unpaired) electrons. The molecular formula is C20H22N2O3. The molecule has 0 aromatic heterocycles. The maximum Gasteiger partial charge on any atom is 0.411 e. The van der Waals surface area contributed by atoms with Crippen molar-refractivity contribution in [3.8, 4) is 5.75 Å². The van der Waals surface area contributed by atoms with Crippen LogP contribution < -0.4 is 10.5 Å². The number of nitrogens with zero attached hydrogens (tertiary/aromatic N) is 1. The van der Waals surface area contributed by atoms with Gasteiger partial charge in [-0.2, -0.15) is 0 Å². The molecule has 25 heavy (non-hydrogen) atoms. The van der Waals surface area contributed by atoms with Crippen LogP contribution in [0.3, 0.4) is 0 Å². The molecule has 1 fully saturated rings. The van der Waals surface area contributed by atoms with E-state index in [4.69, 9.17) is 15.2 Å². The largest absolute Gasteiger partial charge is 0.487 e. The first-order valence-corrected chi connectivity index (χ1v) is 8.48. The lowest BCUT2D eigenvalue weighted by molar-refractivity contribution is -0.0446. The molecule has 0 aliphatic carbocycles. The summed E-state index contributed by atoms with van der Waals surface area (Å²) in [6.45, 7) is 5.08. The number of hydrogen-bond acceptors (Lipinski definition) is 4. The molecule has 0 saturated carbocycles. The highest BCUT2D eigenvalue weighted by Crippen LogP contribution is 2.48. The quantitative estimate of drug-likeness (QED) is 0.849. The molecule has 1 spiro atoms. The number of ether oxygens (including phenoxy) is 2. The van der Waals surface area contributed by atoms with E-state index in [2.05, 4.69) is 0 Å². The van der Waals surface area contributed by atoms with Crippen molar-refractivity contribution in [1.29, 1.82) is 0 Å². The van der Waals surface area contributed by atoms with E-state index < -0.39 is 11.2 Å².